The third-order valence-corrected chi connectivity index (χ3v) is 8.30. The maximum atomic E-state index is 13.7. The molecular weight excluding hydrogens is 540 g/mol. The number of benzene rings is 3. The number of nitrogens with zero attached hydrogens (tertiary/aromatic N) is 1. The molecule has 3 aromatic carbocycles. The molecule has 0 saturated heterocycles. The maximum absolute atomic E-state index is 13.7. The Morgan fingerprint density at radius 2 is 1.75 bits per heavy atom. The minimum Gasteiger partial charge on any atom is -0.491 e. The lowest BCUT2D eigenvalue weighted by atomic mass is 9.99. The lowest BCUT2D eigenvalue weighted by molar-refractivity contribution is 0.0985. The lowest BCUT2D eigenvalue weighted by Crippen LogP contribution is -2.31. The zero-order valence-electron chi connectivity index (χ0n) is 22.4. The van der Waals surface area contributed by atoms with E-state index in [1.807, 2.05) is 65.6 Å². The molecule has 0 radical (unpaired) electrons. The van der Waals surface area contributed by atoms with E-state index in [0.717, 1.165) is 55.3 Å². The van der Waals surface area contributed by atoms with Crippen molar-refractivity contribution in [2.24, 2.45) is 0 Å². The highest BCUT2D eigenvalue weighted by molar-refractivity contribution is 7.10. The summed E-state index contributed by atoms with van der Waals surface area (Å²) in [6, 6.07) is 24.8. The molecule has 2 heterocycles. The van der Waals surface area contributed by atoms with Crippen molar-refractivity contribution in [1.29, 1.82) is 0 Å². The molecule has 0 spiro atoms. The topological polar surface area (TPSA) is 58.6 Å². The number of ether oxygens (including phenoxy) is 1. The molecule has 1 aromatic heterocycles. The summed E-state index contributed by atoms with van der Waals surface area (Å²) in [5.41, 5.74) is 4.47. The fourth-order valence-electron chi connectivity index (χ4n) is 4.98. The summed E-state index contributed by atoms with van der Waals surface area (Å²) in [4.78, 5) is 30.4. The highest BCUT2D eigenvalue weighted by Gasteiger charge is 2.24. The number of nitrogens with one attached hydrogen (secondary N) is 1. The standard InChI is InChI=1S/C33H33ClN2O3S/c34-19-8-2-10-21-39-30-23-25(33(38)36-20-9-7-15-31-29(36)18-22-40-31)16-17-28(30)35-32(37)27-14-6-5-13-26(27)24-11-3-1-4-12-24/h1,3-6,11-14,16-18,22-23H,2,7-10,15,19-21H2,(H,35,37). The van der Waals surface area contributed by atoms with Gasteiger partial charge in [-0.05, 0) is 85.4 Å². The van der Waals surface area contributed by atoms with Crippen LogP contribution in [0.2, 0.25) is 0 Å². The van der Waals surface area contributed by atoms with Crippen LogP contribution in [0.3, 0.4) is 0 Å². The van der Waals surface area contributed by atoms with Gasteiger partial charge >= 0.3 is 0 Å². The molecule has 5 nitrogen and oxygen atoms in total. The number of hydrogen-bond acceptors (Lipinski definition) is 4. The summed E-state index contributed by atoms with van der Waals surface area (Å²) in [5, 5.41) is 5.10. The van der Waals surface area contributed by atoms with E-state index in [2.05, 4.69) is 10.7 Å². The fraction of sp³-hybridized carbons (Fsp3) is 0.273. The van der Waals surface area contributed by atoms with Gasteiger partial charge in [-0.2, -0.15) is 0 Å². The van der Waals surface area contributed by atoms with Gasteiger partial charge in [0.15, 0.2) is 0 Å². The van der Waals surface area contributed by atoms with Gasteiger partial charge in [0.25, 0.3) is 11.8 Å². The highest BCUT2D eigenvalue weighted by Crippen LogP contribution is 2.34. The number of fused-ring (bicyclic) bond motifs is 1. The molecule has 0 aliphatic carbocycles. The monoisotopic (exact) mass is 572 g/mol. The SMILES string of the molecule is O=C(Nc1ccc(C(=O)N2CCCCc3sccc32)cc1OCCCCCCl)c1ccccc1-c1ccccc1. The number of unbranched alkanes of at least 4 members (excludes halogenated alkanes) is 2. The lowest BCUT2D eigenvalue weighted by Gasteiger charge is -2.22. The Labute approximate surface area is 244 Å². The van der Waals surface area contributed by atoms with Crippen molar-refractivity contribution in [1.82, 2.24) is 0 Å². The van der Waals surface area contributed by atoms with Crippen molar-refractivity contribution in [3.63, 3.8) is 0 Å². The second kappa shape index (κ2) is 13.6. The zero-order chi connectivity index (χ0) is 27.7. The first-order chi connectivity index (χ1) is 19.7. The molecule has 0 atom stereocenters. The summed E-state index contributed by atoms with van der Waals surface area (Å²) in [6.07, 6.45) is 5.74. The summed E-state index contributed by atoms with van der Waals surface area (Å²) in [5.74, 6) is 0.816. The molecule has 40 heavy (non-hydrogen) atoms. The van der Waals surface area contributed by atoms with Crippen molar-refractivity contribution in [3.8, 4) is 16.9 Å². The number of hydrogen-bond donors (Lipinski definition) is 1. The van der Waals surface area contributed by atoms with E-state index in [9.17, 15) is 9.59 Å². The van der Waals surface area contributed by atoms with Gasteiger partial charge in [0.05, 0.1) is 18.0 Å². The quantitative estimate of drug-likeness (QED) is 0.153. The molecule has 1 N–H and O–H groups in total. The molecule has 0 fully saturated rings. The Bertz CT molecular complexity index is 1450. The first-order valence-electron chi connectivity index (χ1n) is 13.8. The first-order valence-corrected chi connectivity index (χ1v) is 15.2. The first kappa shape index (κ1) is 27.9. The number of aryl methyl sites for hydroxylation is 1. The van der Waals surface area contributed by atoms with Gasteiger partial charge in [0.1, 0.15) is 5.75 Å². The maximum Gasteiger partial charge on any atom is 0.258 e. The van der Waals surface area contributed by atoms with E-state index < -0.39 is 0 Å². The van der Waals surface area contributed by atoms with Gasteiger partial charge in [0, 0.05) is 28.4 Å². The van der Waals surface area contributed by atoms with Gasteiger partial charge in [-0.15, -0.1) is 22.9 Å². The second-order valence-electron chi connectivity index (χ2n) is 9.82. The number of anilines is 2. The van der Waals surface area contributed by atoms with Crippen LogP contribution in [0.5, 0.6) is 5.75 Å². The minimum absolute atomic E-state index is 0.0548. The van der Waals surface area contributed by atoms with Gasteiger partial charge in [-0.3, -0.25) is 9.59 Å². The number of carbonyl (C=O) groups excluding carboxylic acids is 2. The third kappa shape index (κ3) is 6.57. The molecule has 0 saturated carbocycles. The molecule has 1 aliphatic rings. The van der Waals surface area contributed by atoms with Gasteiger partial charge in [-0.1, -0.05) is 48.5 Å². The Balaban J connectivity index is 1.41. The predicted octanol–water partition coefficient (Wildman–Crippen LogP) is 8.44. The molecule has 5 rings (SSSR count). The summed E-state index contributed by atoms with van der Waals surface area (Å²) in [7, 11) is 0. The van der Waals surface area contributed by atoms with Crippen LogP contribution in [0.1, 0.15) is 57.7 Å². The van der Waals surface area contributed by atoms with E-state index in [1.54, 1.807) is 29.5 Å². The normalized spacial score (nSPS) is 12.9. The van der Waals surface area contributed by atoms with Crippen LogP contribution >= 0.6 is 22.9 Å². The van der Waals surface area contributed by atoms with Crippen molar-refractivity contribution < 1.29 is 14.3 Å². The van der Waals surface area contributed by atoms with E-state index in [4.69, 9.17) is 16.3 Å². The number of carbonyl (C=O) groups is 2. The van der Waals surface area contributed by atoms with Crippen molar-refractivity contribution in [3.05, 3.63) is 100 Å². The largest absolute Gasteiger partial charge is 0.491 e. The van der Waals surface area contributed by atoms with Crippen LogP contribution in [0.4, 0.5) is 11.4 Å². The number of rotatable bonds is 10. The minimum atomic E-state index is -0.235. The molecule has 0 bridgehead atoms. The van der Waals surface area contributed by atoms with E-state index in [-0.39, 0.29) is 11.8 Å². The smallest absolute Gasteiger partial charge is 0.258 e. The van der Waals surface area contributed by atoms with Gasteiger partial charge in [-0.25, -0.2) is 0 Å². The van der Waals surface area contributed by atoms with E-state index in [0.29, 0.717) is 41.6 Å². The van der Waals surface area contributed by atoms with Crippen molar-refractivity contribution in [2.45, 2.75) is 38.5 Å². The van der Waals surface area contributed by atoms with Crippen LogP contribution in [0, 0.1) is 0 Å². The van der Waals surface area contributed by atoms with Crippen molar-refractivity contribution in [2.75, 3.05) is 29.2 Å². The highest BCUT2D eigenvalue weighted by atomic mass is 35.5. The predicted molar refractivity (Wildman–Crippen MR) is 165 cm³/mol. The second-order valence-corrected chi connectivity index (χ2v) is 11.2. The Morgan fingerprint density at radius 1 is 0.925 bits per heavy atom. The summed E-state index contributed by atoms with van der Waals surface area (Å²) in [6.45, 7) is 1.16. The van der Waals surface area contributed by atoms with Crippen LogP contribution in [-0.2, 0) is 6.42 Å². The molecule has 206 valence electrons. The molecule has 7 heteroatoms. The molecule has 1 aliphatic heterocycles. The Kier molecular flexibility index (Phi) is 9.53. The van der Waals surface area contributed by atoms with Gasteiger partial charge in [0.2, 0.25) is 0 Å². The number of alkyl halides is 1. The number of thiophene rings is 1. The van der Waals surface area contributed by atoms with E-state index in [1.165, 1.54) is 4.88 Å². The average Bonchev–Trinajstić information content (AvgIpc) is 3.36. The fourth-order valence-corrected chi connectivity index (χ4v) is 6.09. The summed E-state index contributed by atoms with van der Waals surface area (Å²) >= 11 is 7.54. The van der Waals surface area contributed by atoms with Crippen LogP contribution < -0.4 is 15.0 Å². The van der Waals surface area contributed by atoms with Crippen molar-refractivity contribution >= 4 is 46.1 Å². The van der Waals surface area contributed by atoms with E-state index >= 15 is 0 Å². The molecule has 2 amide bonds. The Morgan fingerprint density at radius 3 is 2.60 bits per heavy atom. The molecule has 4 aromatic rings. The molecule has 0 unspecified atom stereocenters. The Hall–Kier alpha value is -3.61. The van der Waals surface area contributed by atoms with Crippen LogP contribution in [-0.4, -0.2) is 30.8 Å². The molecular formula is C33H33ClN2O3S. The average molecular weight is 573 g/mol. The zero-order valence-corrected chi connectivity index (χ0v) is 24.0. The van der Waals surface area contributed by atoms with Crippen LogP contribution in [0.15, 0.2) is 84.2 Å². The number of halogens is 1. The third-order valence-electron chi connectivity index (χ3n) is 7.06. The number of amides is 2. The van der Waals surface area contributed by atoms with Gasteiger partial charge < -0.3 is 15.0 Å². The summed E-state index contributed by atoms with van der Waals surface area (Å²) < 4.78 is 6.17. The van der Waals surface area contributed by atoms with Crippen LogP contribution in [0.25, 0.3) is 11.1 Å².